The van der Waals surface area contributed by atoms with Gasteiger partial charge in [0.15, 0.2) is 0 Å². The molecule has 3 aromatic rings. The molecule has 0 aliphatic carbocycles. The number of benzene rings is 2. The smallest absolute Gasteiger partial charge is 0.119 e. The minimum absolute atomic E-state index is 0.724. The number of hydrogen-bond acceptors (Lipinski definition) is 2. The van der Waals surface area contributed by atoms with Gasteiger partial charge < -0.3 is 14.6 Å². The van der Waals surface area contributed by atoms with E-state index in [9.17, 15) is 0 Å². The molecule has 0 spiro atoms. The van der Waals surface area contributed by atoms with Crippen LogP contribution >= 0.6 is 0 Å². The van der Waals surface area contributed by atoms with E-state index in [4.69, 9.17) is 4.74 Å². The quantitative estimate of drug-likeness (QED) is 0.693. The van der Waals surface area contributed by atoms with Crippen LogP contribution in [0.3, 0.4) is 0 Å². The number of aromatic nitrogens is 1. The first kappa shape index (κ1) is 15.6. The van der Waals surface area contributed by atoms with Gasteiger partial charge in [0.05, 0.1) is 0 Å². The number of nitrogens with one attached hydrogen (secondary N) is 1. The fourth-order valence-electron chi connectivity index (χ4n) is 2.83. The van der Waals surface area contributed by atoms with Gasteiger partial charge >= 0.3 is 0 Å². The van der Waals surface area contributed by atoms with Crippen molar-refractivity contribution < 1.29 is 4.74 Å². The van der Waals surface area contributed by atoms with Crippen LogP contribution in [0.4, 0.5) is 0 Å². The molecule has 0 bridgehead atoms. The highest BCUT2D eigenvalue weighted by Crippen LogP contribution is 2.26. The predicted molar refractivity (Wildman–Crippen MR) is 97.0 cm³/mol. The number of H-pyrrole nitrogens is 1. The fourth-order valence-corrected chi connectivity index (χ4v) is 2.83. The van der Waals surface area contributed by atoms with Crippen molar-refractivity contribution in [1.29, 1.82) is 0 Å². The Balaban J connectivity index is 1.71. The summed E-state index contributed by atoms with van der Waals surface area (Å²) in [5.74, 6) is 0.934. The summed E-state index contributed by atoms with van der Waals surface area (Å²) in [6.07, 6.45) is 1.97. The molecule has 0 amide bonds. The average Bonchev–Trinajstić information content (AvgIpc) is 3.07. The van der Waals surface area contributed by atoms with Gasteiger partial charge in [-0.15, -0.1) is 0 Å². The van der Waals surface area contributed by atoms with E-state index in [1.165, 1.54) is 22.0 Å². The highest BCUT2D eigenvalue weighted by atomic mass is 16.5. The molecular formula is C20H24N2O. The second-order valence-electron chi connectivity index (χ2n) is 5.68. The van der Waals surface area contributed by atoms with Crippen LogP contribution in [0.2, 0.25) is 0 Å². The van der Waals surface area contributed by atoms with Gasteiger partial charge in [-0.05, 0) is 59.9 Å². The van der Waals surface area contributed by atoms with Crippen molar-refractivity contribution in [2.75, 3.05) is 26.2 Å². The zero-order chi connectivity index (χ0) is 16.1. The SMILES string of the molecule is CCN(CC)CCOc1cccc(-c2ccc3[nH]ccc3c2)c1. The largest absolute Gasteiger partial charge is 0.492 e. The molecular weight excluding hydrogens is 284 g/mol. The van der Waals surface area contributed by atoms with E-state index in [2.05, 4.69) is 66.2 Å². The topological polar surface area (TPSA) is 28.3 Å². The third-order valence-corrected chi connectivity index (χ3v) is 4.29. The van der Waals surface area contributed by atoms with Crippen LogP contribution in [0.25, 0.3) is 22.0 Å². The van der Waals surface area contributed by atoms with Crippen molar-refractivity contribution in [3.05, 3.63) is 54.7 Å². The molecule has 1 N–H and O–H groups in total. The number of nitrogens with zero attached hydrogens (tertiary/aromatic N) is 1. The monoisotopic (exact) mass is 308 g/mol. The lowest BCUT2D eigenvalue weighted by Gasteiger charge is -2.18. The molecule has 0 saturated heterocycles. The number of hydrogen-bond donors (Lipinski definition) is 1. The van der Waals surface area contributed by atoms with Crippen LogP contribution in [-0.2, 0) is 0 Å². The highest BCUT2D eigenvalue weighted by molar-refractivity contribution is 5.85. The van der Waals surface area contributed by atoms with E-state index in [0.717, 1.165) is 32.0 Å². The van der Waals surface area contributed by atoms with Crippen molar-refractivity contribution in [2.45, 2.75) is 13.8 Å². The molecule has 0 unspecified atom stereocenters. The Hall–Kier alpha value is -2.26. The van der Waals surface area contributed by atoms with Gasteiger partial charge in [0.25, 0.3) is 0 Å². The molecule has 0 aliphatic rings. The Labute approximate surface area is 137 Å². The van der Waals surface area contributed by atoms with E-state index in [1.807, 2.05) is 12.3 Å². The summed E-state index contributed by atoms with van der Waals surface area (Å²) in [5, 5.41) is 1.23. The first-order chi connectivity index (χ1) is 11.3. The maximum atomic E-state index is 5.93. The van der Waals surface area contributed by atoms with Gasteiger partial charge in [-0.1, -0.05) is 32.0 Å². The van der Waals surface area contributed by atoms with Crippen molar-refractivity contribution in [2.24, 2.45) is 0 Å². The second kappa shape index (κ2) is 7.34. The third kappa shape index (κ3) is 3.74. The zero-order valence-electron chi connectivity index (χ0n) is 13.9. The lowest BCUT2D eigenvalue weighted by atomic mass is 10.0. The Morgan fingerprint density at radius 2 is 1.78 bits per heavy atom. The molecule has 3 rings (SSSR count). The van der Waals surface area contributed by atoms with E-state index in [-0.39, 0.29) is 0 Å². The lowest BCUT2D eigenvalue weighted by molar-refractivity contribution is 0.223. The normalized spacial score (nSPS) is 11.3. The lowest BCUT2D eigenvalue weighted by Crippen LogP contribution is -2.27. The van der Waals surface area contributed by atoms with Crippen LogP contribution in [-0.4, -0.2) is 36.1 Å². The number of fused-ring (bicyclic) bond motifs is 1. The zero-order valence-corrected chi connectivity index (χ0v) is 13.9. The summed E-state index contributed by atoms with van der Waals surface area (Å²) in [7, 11) is 0. The number of likely N-dealkylation sites (N-methyl/N-ethyl adjacent to an activating group) is 1. The maximum absolute atomic E-state index is 5.93. The molecule has 0 saturated carbocycles. The van der Waals surface area contributed by atoms with Crippen molar-refractivity contribution >= 4 is 10.9 Å². The van der Waals surface area contributed by atoms with Gasteiger partial charge in [0.2, 0.25) is 0 Å². The second-order valence-corrected chi connectivity index (χ2v) is 5.68. The van der Waals surface area contributed by atoms with Crippen molar-refractivity contribution in [3.63, 3.8) is 0 Å². The van der Waals surface area contributed by atoms with Gasteiger partial charge in [-0.3, -0.25) is 0 Å². The van der Waals surface area contributed by atoms with Crippen molar-refractivity contribution in [1.82, 2.24) is 9.88 Å². The summed E-state index contributed by atoms with van der Waals surface area (Å²) in [4.78, 5) is 5.59. The standard InChI is InChI=1S/C20H24N2O/c1-3-22(4-2)12-13-23-19-7-5-6-16(15-19)17-8-9-20-18(14-17)10-11-21-20/h5-11,14-15,21H,3-4,12-13H2,1-2H3. The Bertz CT molecular complexity index is 759. The van der Waals surface area contributed by atoms with Crippen LogP contribution < -0.4 is 4.74 Å². The van der Waals surface area contributed by atoms with Gasteiger partial charge in [-0.25, -0.2) is 0 Å². The van der Waals surface area contributed by atoms with Crippen LogP contribution in [0.15, 0.2) is 54.7 Å². The van der Waals surface area contributed by atoms with E-state index in [0.29, 0.717) is 0 Å². The van der Waals surface area contributed by atoms with Crippen LogP contribution in [0, 0.1) is 0 Å². The molecule has 23 heavy (non-hydrogen) atoms. The van der Waals surface area contributed by atoms with E-state index < -0.39 is 0 Å². The van der Waals surface area contributed by atoms with Gasteiger partial charge in [0.1, 0.15) is 12.4 Å². The summed E-state index contributed by atoms with van der Waals surface area (Å²) in [5.41, 5.74) is 3.57. The van der Waals surface area contributed by atoms with Crippen molar-refractivity contribution in [3.8, 4) is 16.9 Å². The Kier molecular flexibility index (Phi) is 4.99. The Morgan fingerprint density at radius 1 is 0.957 bits per heavy atom. The molecule has 1 aromatic heterocycles. The molecule has 2 aromatic carbocycles. The number of rotatable bonds is 7. The summed E-state index contributed by atoms with van der Waals surface area (Å²) in [6, 6.07) is 16.9. The molecule has 3 heteroatoms. The first-order valence-corrected chi connectivity index (χ1v) is 8.33. The minimum atomic E-state index is 0.724. The van der Waals surface area contributed by atoms with Crippen LogP contribution in [0.5, 0.6) is 5.75 Å². The average molecular weight is 308 g/mol. The molecule has 3 nitrogen and oxygen atoms in total. The van der Waals surface area contributed by atoms with E-state index in [1.54, 1.807) is 0 Å². The summed E-state index contributed by atoms with van der Waals surface area (Å²) < 4.78 is 5.93. The van der Waals surface area contributed by atoms with Gasteiger partial charge in [-0.2, -0.15) is 0 Å². The molecule has 0 fully saturated rings. The highest BCUT2D eigenvalue weighted by Gasteiger charge is 2.03. The van der Waals surface area contributed by atoms with Gasteiger partial charge in [0, 0.05) is 18.3 Å². The van der Waals surface area contributed by atoms with E-state index >= 15 is 0 Å². The number of aromatic amines is 1. The number of ether oxygens (including phenoxy) is 1. The Morgan fingerprint density at radius 3 is 2.61 bits per heavy atom. The molecule has 120 valence electrons. The minimum Gasteiger partial charge on any atom is -0.492 e. The first-order valence-electron chi connectivity index (χ1n) is 8.33. The summed E-state index contributed by atoms with van der Waals surface area (Å²) >= 11 is 0. The summed E-state index contributed by atoms with van der Waals surface area (Å²) in [6.45, 7) is 8.18. The van der Waals surface area contributed by atoms with Crippen LogP contribution in [0.1, 0.15) is 13.8 Å². The molecule has 0 aliphatic heterocycles. The molecule has 0 radical (unpaired) electrons. The third-order valence-electron chi connectivity index (χ3n) is 4.29. The fraction of sp³-hybridized carbons (Fsp3) is 0.300. The maximum Gasteiger partial charge on any atom is 0.119 e. The molecule has 0 atom stereocenters. The molecule has 1 heterocycles. The predicted octanol–water partition coefficient (Wildman–Crippen LogP) is 4.56.